The van der Waals surface area contributed by atoms with Crippen LogP contribution < -0.4 is 0 Å². The molecule has 3 rings (SSSR count). The highest BCUT2D eigenvalue weighted by atomic mass is 35.5. The molecule has 0 radical (unpaired) electrons. The first kappa shape index (κ1) is 11.0. The van der Waals surface area contributed by atoms with Crippen molar-refractivity contribution in [3.63, 3.8) is 0 Å². The first-order valence-corrected chi connectivity index (χ1v) is 5.82. The number of fused-ring (bicyclic) bond motifs is 1. The van der Waals surface area contributed by atoms with Crippen molar-refractivity contribution in [2.24, 2.45) is 0 Å². The fraction of sp³-hybridized carbons (Fsp3) is 0.0769. The maximum absolute atomic E-state index is 6.18. The Balaban J connectivity index is 2.25. The second-order valence-corrected chi connectivity index (χ2v) is 4.31. The standard InChI is InChI=1S/C13H9ClN4/c1-8-2-3-10-9(6-8)12(14)18-13(17-10)11-7-15-4-5-16-11/h2-7H,1H3. The zero-order valence-corrected chi connectivity index (χ0v) is 10.4. The number of benzene rings is 1. The zero-order chi connectivity index (χ0) is 12.5. The maximum Gasteiger partial charge on any atom is 0.181 e. The van der Waals surface area contributed by atoms with Crippen LogP contribution in [0.2, 0.25) is 5.15 Å². The van der Waals surface area contributed by atoms with Crippen molar-refractivity contribution in [3.05, 3.63) is 47.5 Å². The lowest BCUT2D eigenvalue weighted by atomic mass is 10.2. The largest absolute Gasteiger partial charge is 0.261 e. The van der Waals surface area contributed by atoms with E-state index in [0.717, 1.165) is 16.5 Å². The van der Waals surface area contributed by atoms with Gasteiger partial charge in [-0.15, -0.1) is 0 Å². The van der Waals surface area contributed by atoms with Crippen LogP contribution in [0.15, 0.2) is 36.8 Å². The average molecular weight is 257 g/mol. The highest BCUT2D eigenvalue weighted by molar-refractivity contribution is 6.34. The first-order chi connectivity index (χ1) is 8.74. The third kappa shape index (κ3) is 1.91. The van der Waals surface area contributed by atoms with Gasteiger partial charge in [0.05, 0.1) is 11.7 Å². The van der Waals surface area contributed by atoms with E-state index in [1.807, 2.05) is 25.1 Å². The predicted octanol–water partition coefficient (Wildman–Crippen LogP) is 3.05. The molecule has 3 aromatic rings. The molecule has 2 heterocycles. The minimum atomic E-state index is 0.435. The van der Waals surface area contributed by atoms with E-state index in [0.29, 0.717) is 16.7 Å². The van der Waals surface area contributed by atoms with Gasteiger partial charge in [0.2, 0.25) is 0 Å². The normalized spacial score (nSPS) is 10.8. The van der Waals surface area contributed by atoms with Gasteiger partial charge < -0.3 is 0 Å². The molecule has 2 aromatic heterocycles. The van der Waals surface area contributed by atoms with Crippen molar-refractivity contribution in [1.82, 2.24) is 19.9 Å². The van der Waals surface area contributed by atoms with E-state index in [1.165, 1.54) is 0 Å². The predicted molar refractivity (Wildman–Crippen MR) is 70.3 cm³/mol. The molecule has 0 unspecified atom stereocenters. The molecular formula is C13H9ClN4. The molecule has 18 heavy (non-hydrogen) atoms. The van der Waals surface area contributed by atoms with Crippen molar-refractivity contribution in [2.75, 3.05) is 0 Å². The number of aryl methyl sites for hydroxylation is 1. The summed E-state index contributed by atoms with van der Waals surface area (Å²) in [4.78, 5) is 16.9. The summed E-state index contributed by atoms with van der Waals surface area (Å²) in [5.41, 5.74) is 2.54. The molecule has 0 fully saturated rings. The van der Waals surface area contributed by atoms with Gasteiger partial charge in [0.15, 0.2) is 5.82 Å². The molecule has 0 atom stereocenters. The molecule has 0 spiro atoms. The number of rotatable bonds is 1. The van der Waals surface area contributed by atoms with Gasteiger partial charge in [-0.3, -0.25) is 4.98 Å². The number of hydrogen-bond donors (Lipinski definition) is 0. The van der Waals surface area contributed by atoms with Gasteiger partial charge in [-0.05, 0) is 19.1 Å². The lowest BCUT2D eigenvalue weighted by molar-refractivity contribution is 1.13. The summed E-state index contributed by atoms with van der Waals surface area (Å²) in [6.07, 6.45) is 4.83. The van der Waals surface area contributed by atoms with E-state index >= 15 is 0 Å². The lowest BCUT2D eigenvalue weighted by Crippen LogP contribution is -1.94. The van der Waals surface area contributed by atoms with Crippen molar-refractivity contribution in [3.8, 4) is 11.5 Å². The topological polar surface area (TPSA) is 51.6 Å². The van der Waals surface area contributed by atoms with E-state index in [1.54, 1.807) is 18.6 Å². The van der Waals surface area contributed by atoms with Gasteiger partial charge in [0.25, 0.3) is 0 Å². The van der Waals surface area contributed by atoms with Crippen molar-refractivity contribution in [1.29, 1.82) is 0 Å². The third-order valence-corrected chi connectivity index (χ3v) is 2.89. The zero-order valence-electron chi connectivity index (χ0n) is 9.63. The van der Waals surface area contributed by atoms with Crippen LogP contribution in [-0.4, -0.2) is 19.9 Å². The molecule has 4 nitrogen and oxygen atoms in total. The summed E-state index contributed by atoms with van der Waals surface area (Å²) in [6.45, 7) is 2.01. The smallest absolute Gasteiger partial charge is 0.181 e. The van der Waals surface area contributed by atoms with Gasteiger partial charge in [-0.1, -0.05) is 23.2 Å². The Bertz CT molecular complexity index is 713. The fourth-order valence-electron chi connectivity index (χ4n) is 1.73. The first-order valence-electron chi connectivity index (χ1n) is 5.44. The molecule has 88 valence electrons. The van der Waals surface area contributed by atoms with E-state index in [2.05, 4.69) is 19.9 Å². The molecule has 0 saturated carbocycles. The van der Waals surface area contributed by atoms with Gasteiger partial charge in [0.1, 0.15) is 10.8 Å². The second-order valence-electron chi connectivity index (χ2n) is 3.95. The van der Waals surface area contributed by atoms with Gasteiger partial charge >= 0.3 is 0 Å². The molecular weight excluding hydrogens is 248 g/mol. The Morgan fingerprint density at radius 1 is 1.11 bits per heavy atom. The summed E-state index contributed by atoms with van der Waals surface area (Å²) >= 11 is 6.18. The van der Waals surface area contributed by atoms with Crippen LogP contribution in [0.1, 0.15) is 5.56 Å². The molecule has 0 aliphatic rings. The van der Waals surface area contributed by atoms with Crippen LogP contribution in [0, 0.1) is 6.92 Å². The SMILES string of the molecule is Cc1ccc2nc(-c3cnccn3)nc(Cl)c2c1. The van der Waals surface area contributed by atoms with Crippen molar-refractivity contribution >= 4 is 22.5 Å². The highest BCUT2D eigenvalue weighted by Gasteiger charge is 2.08. The van der Waals surface area contributed by atoms with Gasteiger partial charge in [-0.25, -0.2) is 15.0 Å². The Morgan fingerprint density at radius 3 is 2.78 bits per heavy atom. The monoisotopic (exact) mass is 256 g/mol. The molecule has 0 N–H and O–H groups in total. The molecule has 0 aliphatic heterocycles. The molecule has 0 saturated heterocycles. The minimum Gasteiger partial charge on any atom is -0.261 e. The quantitative estimate of drug-likeness (QED) is 0.628. The van der Waals surface area contributed by atoms with Crippen molar-refractivity contribution in [2.45, 2.75) is 6.92 Å². The molecule has 0 amide bonds. The summed E-state index contributed by atoms with van der Waals surface area (Å²) in [5, 5.41) is 1.29. The van der Waals surface area contributed by atoms with E-state index in [9.17, 15) is 0 Å². The third-order valence-electron chi connectivity index (χ3n) is 2.60. The van der Waals surface area contributed by atoms with Crippen LogP contribution in [0.25, 0.3) is 22.4 Å². The minimum absolute atomic E-state index is 0.435. The number of aromatic nitrogens is 4. The fourth-order valence-corrected chi connectivity index (χ4v) is 1.97. The Labute approximate surface area is 109 Å². The summed E-state index contributed by atoms with van der Waals surface area (Å²) < 4.78 is 0. The van der Waals surface area contributed by atoms with Crippen molar-refractivity contribution < 1.29 is 0 Å². The van der Waals surface area contributed by atoms with E-state index in [-0.39, 0.29) is 0 Å². The second kappa shape index (κ2) is 4.31. The Hall–Kier alpha value is -2.07. The number of hydrogen-bond acceptors (Lipinski definition) is 4. The van der Waals surface area contributed by atoms with Gasteiger partial charge in [-0.2, -0.15) is 0 Å². The van der Waals surface area contributed by atoms with Crippen LogP contribution in [0.5, 0.6) is 0 Å². The average Bonchev–Trinajstić information content (AvgIpc) is 2.40. The molecule has 1 aromatic carbocycles. The van der Waals surface area contributed by atoms with Crippen LogP contribution in [0.4, 0.5) is 0 Å². The highest BCUT2D eigenvalue weighted by Crippen LogP contribution is 2.24. The Morgan fingerprint density at radius 2 is 2.00 bits per heavy atom. The molecule has 0 aliphatic carbocycles. The maximum atomic E-state index is 6.18. The molecule has 0 bridgehead atoms. The number of halogens is 1. The van der Waals surface area contributed by atoms with Crippen LogP contribution >= 0.6 is 11.6 Å². The summed E-state index contributed by atoms with van der Waals surface area (Å²) in [6, 6.07) is 5.89. The summed E-state index contributed by atoms with van der Waals surface area (Å²) in [7, 11) is 0. The van der Waals surface area contributed by atoms with E-state index in [4.69, 9.17) is 11.6 Å². The van der Waals surface area contributed by atoms with Crippen LogP contribution in [0.3, 0.4) is 0 Å². The van der Waals surface area contributed by atoms with Gasteiger partial charge in [0, 0.05) is 17.8 Å². The number of nitrogens with zero attached hydrogens (tertiary/aromatic N) is 4. The molecule has 5 heteroatoms. The summed E-state index contributed by atoms with van der Waals surface area (Å²) in [5.74, 6) is 0.490. The van der Waals surface area contributed by atoms with Crippen LogP contribution in [-0.2, 0) is 0 Å². The van der Waals surface area contributed by atoms with E-state index < -0.39 is 0 Å². The lowest BCUT2D eigenvalue weighted by Gasteiger charge is -2.04. The Kier molecular flexibility index (Phi) is 2.64.